The molecule has 45 heavy (non-hydrogen) atoms. The Morgan fingerprint density at radius 1 is 0.400 bits per heavy atom. The van der Waals surface area contributed by atoms with E-state index in [9.17, 15) is 0 Å². The summed E-state index contributed by atoms with van der Waals surface area (Å²) in [5, 5.41) is 2.61. The van der Waals surface area contributed by atoms with Crippen LogP contribution < -0.4 is 9.80 Å². The van der Waals surface area contributed by atoms with Crippen molar-refractivity contribution in [2.45, 2.75) is 38.5 Å². The number of thiophene rings is 1. The molecule has 0 aliphatic carbocycles. The van der Waals surface area contributed by atoms with Gasteiger partial charge in [0.15, 0.2) is 0 Å². The second-order valence-corrected chi connectivity index (χ2v) is 14.5. The minimum Gasteiger partial charge on any atom is -0.310 e. The van der Waals surface area contributed by atoms with E-state index in [2.05, 4.69) is 171 Å². The number of para-hydroxylation sites is 4. The SMILES string of the molecule is CC1(C)c2ccccc2N(c2ccc3c(c2)sc2ccc(N4c5ccccc5C(C)(C)c5ccccc54)cc23)c2ccccc21. The summed E-state index contributed by atoms with van der Waals surface area (Å²) in [7, 11) is 0. The Morgan fingerprint density at radius 2 is 0.800 bits per heavy atom. The molecule has 3 heteroatoms. The maximum absolute atomic E-state index is 2.45. The summed E-state index contributed by atoms with van der Waals surface area (Å²) in [5.41, 5.74) is 12.7. The van der Waals surface area contributed by atoms with Crippen molar-refractivity contribution >= 4 is 65.6 Å². The van der Waals surface area contributed by atoms with E-state index in [0.29, 0.717) is 0 Å². The van der Waals surface area contributed by atoms with Gasteiger partial charge in [0.2, 0.25) is 0 Å². The van der Waals surface area contributed by atoms with Crippen molar-refractivity contribution < 1.29 is 0 Å². The number of anilines is 6. The number of hydrogen-bond acceptors (Lipinski definition) is 3. The highest BCUT2D eigenvalue weighted by atomic mass is 32.1. The molecule has 9 rings (SSSR count). The average Bonchev–Trinajstić information content (AvgIpc) is 3.43. The molecule has 2 aliphatic heterocycles. The van der Waals surface area contributed by atoms with Gasteiger partial charge in [0.25, 0.3) is 0 Å². The largest absolute Gasteiger partial charge is 0.310 e. The van der Waals surface area contributed by atoms with Crippen LogP contribution >= 0.6 is 11.3 Å². The van der Waals surface area contributed by atoms with Gasteiger partial charge < -0.3 is 9.80 Å². The van der Waals surface area contributed by atoms with Gasteiger partial charge in [0.05, 0.1) is 22.7 Å². The summed E-state index contributed by atoms with van der Waals surface area (Å²) >= 11 is 1.88. The zero-order valence-corrected chi connectivity index (χ0v) is 26.8. The lowest BCUT2D eigenvalue weighted by atomic mass is 9.73. The highest BCUT2D eigenvalue weighted by molar-refractivity contribution is 7.25. The highest BCUT2D eigenvalue weighted by Crippen LogP contribution is 2.54. The third kappa shape index (κ3) is 3.68. The van der Waals surface area contributed by atoms with Crippen molar-refractivity contribution in [3.8, 4) is 0 Å². The van der Waals surface area contributed by atoms with E-state index >= 15 is 0 Å². The maximum Gasteiger partial charge on any atom is 0.0502 e. The van der Waals surface area contributed by atoms with Gasteiger partial charge in [-0.25, -0.2) is 0 Å². The number of nitrogens with zero attached hydrogens (tertiary/aromatic N) is 2. The Morgan fingerprint density at radius 3 is 1.27 bits per heavy atom. The summed E-state index contributed by atoms with van der Waals surface area (Å²) in [6.07, 6.45) is 0. The molecule has 0 unspecified atom stereocenters. The molecule has 218 valence electrons. The summed E-state index contributed by atoms with van der Waals surface area (Å²) in [6.45, 7) is 9.37. The highest BCUT2D eigenvalue weighted by Gasteiger charge is 2.38. The Bertz CT molecular complexity index is 2210. The van der Waals surface area contributed by atoms with Crippen LogP contribution in [0.25, 0.3) is 20.2 Å². The van der Waals surface area contributed by atoms with Gasteiger partial charge in [-0.2, -0.15) is 0 Å². The first kappa shape index (κ1) is 26.5. The van der Waals surface area contributed by atoms with E-state index in [1.165, 1.54) is 76.6 Å². The van der Waals surface area contributed by atoms with Crippen LogP contribution in [0.3, 0.4) is 0 Å². The fraction of sp³-hybridized carbons (Fsp3) is 0.143. The Kier molecular flexibility index (Phi) is 5.50. The first-order chi connectivity index (χ1) is 21.8. The molecule has 2 nitrogen and oxygen atoms in total. The van der Waals surface area contributed by atoms with E-state index in [4.69, 9.17) is 0 Å². The fourth-order valence-corrected chi connectivity index (χ4v) is 9.05. The fourth-order valence-electron chi connectivity index (χ4n) is 7.93. The van der Waals surface area contributed by atoms with Gasteiger partial charge in [0, 0.05) is 42.4 Å². The summed E-state index contributed by atoms with van der Waals surface area (Å²) < 4.78 is 2.62. The van der Waals surface area contributed by atoms with Crippen molar-refractivity contribution in [2.75, 3.05) is 9.80 Å². The van der Waals surface area contributed by atoms with Crippen molar-refractivity contribution in [3.05, 3.63) is 156 Å². The zero-order chi connectivity index (χ0) is 30.5. The lowest BCUT2D eigenvalue weighted by Gasteiger charge is -2.42. The monoisotopic (exact) mass is 598 g/mol. The van der Waals surface area contributed by atoms with Crippen molar-refractivity contribution in [3.63, 3.8) is 0 Å². The van der Waals surface area contributed by atoms with Crippen LogP contribution in [0, 0.1) is 0 Å². The second-order valence-electron chi connectivity index (χ2n) is 13.5. The quantitative estimate of drug-likeness (QED) is 0.195. The van der Waals surface area contributed by atoms with Gasteiger partial charge in [-0.15, -0.1) is 11.3 Å². The molecule has 0 saturated carbocycles. The normalized spacial score (nSPS) is 15.8. The molecule has 0 radical (unpaired) electrons. The van der Waals surface area contributed by atoms with Crippen LogP contribution in [0.15, 0.2) is 133 Å². The topological polar surface area (TPSA) is 6.48 Å². The molecule has 6 aromatic carbocycles. The zero-order valence-electron chi connectivity index (χ0n) is 26.0. The van der Waals surface area contributed by atoms with Crippen LogP contribution in [0.4, 0.5) is 34.1 Å². The van der Waals surface area contributed by atoms with E-state index in [0.717, 1.165) is 0 Å². The lowest BCUT2D eigenvalue weighted by Crippen LogP contribution is -2.30. The summed E-state index contributed by atoms with van der Waals surface area (Å²) in [6, 6.07) is 49.6. The van der Waals surface area contributed by atoms with Gasteiger partial charge in [-0.3, -0.25) is 0 Å². The summed E-state index contributed by atoms with van der Waals surface area (Å²) in [5.74, 6) is 0. The van der Waals surface area contributed by atoms with E-state index < -0.39 is 0 Å². The standard InChI is InChI=1S/C42H34N2S/c1-41(2)31-13-5-9-17-35(31)43(36-18-10-6-14-32(36)41)27-22-24-39-30(25-27)29-23-21-28(26-40(29)45-39)44-37-19-11-7-15-33(37)42(3,4)34-16-8-12-20-38(34)44/h5-26H,1-4H3. The average molecular weight is 599 g/mol. The third-order valence-corrected chi connectivity index (χ3v) is 11.4. The van der Waals surface area contributed by atoms with Crippen LogP contribution in [0.1, 0.15) is 49.9 Å². The number of fused-ring (bicyclic) bond motifs is 7. The van der Waals surface area contributed by atoms with Crippen molar-refractivity contribution in [2.24, 2.45) is 0 Å². The van der Waals surface area contributed by atoms with E-state index in [-0.39, 0.29) is 10.8 Å². The Balaban J connectivity index is 1.20. The van der Waals surface area contributed by atoms with Gasteiger partial charge in [-0.1, -0.05) is 107 Å². The molecule has 3 heterocycles. The molecule has 7 aromatic rings. The first-order valence-electron chi connectivity index (χ1n) is 15.8. The maximum atomic E-state index is 2.45. The molecule has 0 atom stereocenters. The van der Waals surface area contributed by atoms with Crippen molar-refractivity contribution in [1.82, 2.24) is 0 Å². The molecule has 0 bridgehead atoms. The molecule has 0 amide bonds. The molecule has 1 aromatic heterocycles. The molecule has 0 spiro atoms. The van der Waals surface area contributed by atoms with Crippen molar-refractivity contribution in [1.29, 1.82) is 0 Å². The lowest BCUT2D eigenvalue weighted by molar-refractivity contribution is 0.632. The minimum atomic E-state index is -0.0693. The van der Waals surface area contributed by atoms with Crippen LogP contribution in [0.5, 0.6) is 0 Å². The van der Waals surface area contributed by atoms with E-state index in [1.807, 2.05) is 11.3 Å². The number of hydrogen-bond donors (Lipinski definition) is 0. The molecule has 0 fully saturated rings. The molecule has 0 saturated heterocycles. The molecular formula is C42H34N2S. The first-order valence-corrected chi connectivity index (χ1v) is 16.6. The predicted octanol–water partition coefficient (Wildman–Crippen LogP) is 12.3. The second kappa shape index (κ2) is 9.32. The van der Waals surface area contributed by atoms with Gasteiger partial charge in [-0.05, 0) is 76.9 Å². The smallest absolute Gasteiger partial charge is 0.0502 e. The molecular weight excluding hydrogens is 565 g/mol. The molecule has 2 aliphatic rings. The van der Waals surface area contributed by atoms with Gasteiger partial charge in [0.1, 0.15) is 0 Å². The third-order valence-electron chi connectivity index (χ3n) is 10.2. The predicted molar refractivity (Wildman–Crippen MR) is 193 cm³/mol. The number of rotatable bonds is 2. The van der Waals surface area contributed by atoms with Crippen LogP contribution in [0.2, 0.25) is 0 Å². The van der Waals surface area contributed by atoms with Gasteiger partial charge >= 0.3 is 0 Å². The van der Waals surface area contributed by atoms with Crippen LogP contribution in [-0.2, 0) is 10.8 Å². The van der Waals surface area contributed by atoms with Crippen LogP contribution in [-0.4, -0.2) is 0 Å². The minimum absolute atomic E-state index is 0.0668. The Hall–Kier alpha value is -4.86. The molecule has 0 N–H and O–H groups in total. The number of benzene rings is 6. The van der Waals surface area contributed by atoms with E-state index in [1.54, 1.807) is 0 Å². The summed E-state index contributed by atoms with van der Waals surface area (Å²) in [4.78, 5) is 4.91. The Labute approximate surface area is 268 Å².